The van der Waals surface area contributed by atoms with Crippen LogP contribution in [0.2, 0.25) is 0 Å². The van der Waals surface area contributed by atoms with Gasteiger partial charge in [0.05, 0.1) is 5.75 Å². The lowest BCUT2D eigenvalue weighted by molar-refractivity contribution is 0.330. The van der Waals surface area contributed by atoms with Crippen molar-refractivity contribution >= 4 is 11.8 Å². The van der Waals surface area contributed by atoms with Crippen molar-refractivity contribution in [2.24, 2.45) is 17.6 Å². The van der Waals surface area contributed by atoms with E-state index in [-0.39, 0.29) is 0 Å². The molecule has 1 atom stereocenters. The summed E-state index contributed by atoms with van der Waals surface area (Å²) in [6.45, 7) is 5.09. The number of rotatable bonds is 7. The Morgan fingerprint density at radius 3 is 2.75 bits per heavy atom. The van der Waals surface area contributed by atoms with Gasteiger partial charge in [-0.15, -0.1) is 0 Å². The maximum Gasteiger partial charge on any atom is 0.226 e. The topological polar surface area (TPSA) is 64.9 Å². The maximum absolute atomic E-state index is 5.74. The molecule has 1 rings (SSSR count). The predicted octanol–water partition coefficient (Wildman–Crippen LogP) is 2.10. The van der Waals surface area contributed by atoms with Gasteiger partial charge < -0.3 is 10.3 Å². The highest BCUT2D eigenvalue weighted by atomic mass is 32.2. The van der Waals surface area contributed by atoms with Gasteiger partial charge in [0.15, 0.2) is 5.82 Å². The van der Waals surface area contributed by atoms with Gasteiger partial charge >= 0.3 is 0 Å². The molecule has 4 nitrogen and oxygen atoms in total. The average Bonchev–Trinajstić information content (AvgIpc) is 2.64. The first kappa shape index (κ1) is 13.5. The number of hydrogen-bond donors (Lipinski definition) is 1. The SMILES string of the molecule is CSCc1noc(C[C@@H](CN)CC(C)C)n1. The molecule has 1 aromatic heterocycles. The smallest absolute Gasteiger partial charge is 0.226 e. The van der Waals surface area contributed by atoms with E-state index in [1.165, 1.54) is 0 Å². The van der Waals surface area contributed by atoms with Crippen molar-refractivity contribution in [3.8, 4) is 0 Å². The lowest BCUT2D eigenvalue weighted by atomic mass is 9.94. The molecule has 0 saturated heterocycles. The minimum atomic E-state index is 0.447. The minimum Gasteiger partial charge on any atom is -0.339 e. The summed E-state index contributed by atoms with van der Waals surface area (Å²) in [6.07, 6.45) is 3.93. The first-order valence-corrected chi connectivity index (χ1v) is 7.05. The highest BCUT2D eigenvalue weighted by molar-refractivity contribution is 7.97. The molecule has 1 heterocycles. The van der Waals surface area contributed by atoms with E-state index < -0.39 is 0 Å². The molecule has 0 amide bonds. The van der Waals surface area contributed by atoms with Crippen LogP contribution in [0.15, 0.2) is 4.52 Å². The molecule has 0 aliphatic carbocycles. The van der Waals surface area contributed by atoms with Crippen LogP contribution < -0.4 is 5.73 Å². The zero-order valence-electron chi connectivity index (χ0n) is 10.3. The van der Waals surface area contributed by atoms with Crippen LogP contribution in [0.4, 0.5) is 0 Å². The highest BCUT2D eigenvalue weighted by Crippen LogP contribution is 2.16. The third kappa shape index (κ3) is 4.53. The highest BCUT2D eigenvalue weighted by Gasteiger charge is 2.14. The fourth-order valence-electron chi connectivity index (χ4n) is 1.74. The molecular weight excluding hydrogens is 222 g/mol. The standard InChI is InChI=1S/C11H21N3OS/c1-8(2)4-9(6-12)5-11-13-10(7-16-3)14-15-11/h8-9H,4-7,12H2,1-3H3/t9-/m0/s1. The third-order valence-corrected chi connectivity index (χ3v) is 2.93. The normalized spacial score (nSPS) is 13.3. The van der Waals surface area contributed by atoms with E-state index in [1.807, 2.05) is 6.26 Å². The second-order valence-electron chi connectivity index (χ2n) is 4.47. The van der Waals surface area contributed by atoms with E-state index >= 15 is 0 Å². The second-order valence-corrected chi connectivity index (χ2v) is 5.34. The Morgan fingerprint density at radius 2 is 2.19 bits per heavy atom. The van der Waals surface area contributed by atoms with Gasteiger partial charge in [-0.3, -0.25) is 0 Å². The van der Waals surface area contributed by atoms with E-state index in [4.69, 9.17) is 10.3 Å². The Bertz CT molecular complexity index is 301. The molecule has 2 N–H and O–H groups in total. The Kier molecular flexibility index (Phi) is 5.84. The Hall–Kier alpha value is -0.550. The molecular formula is C11H21N3OS. The van der Waals surface area contributed by atoms with Crippen LogP contribution in [0.3, 0.4) is 0 Å². The molecule has 92 valence electrons. The summed E-state index contributed by atoms with van der Waals surface area (Å²) in [4.78, 5) is 4.34. The van der Waals surface area contributed by atoms with Crippen LogP contribution in [0.5, 0.6) is 0 Å². The Labute approximate surface area is 101 Å². The Morgan fingerprint density at radius 1 is 1.44 bits per heavy atom. The van der Waals surface area contributed by atoms with Crippen LogP contribution in [0, 0.1) is 11.8 Å². The van der Waals surface area contributed by atoms with Crippen molar-refractivity contribution in [3.05, 3.63) is 11.7 Å². The quantitative estimate of drug-likeness (QED) is 0.794. The summed E-state index contributed by atoms with van der Waals surface area (Å²) in [5.74, 6) is 3.41. The number of thioether (sulfide) groups is 1. The van der Waals surface area contributed by atoms with Crippen molar-refractivity contribution in [3.63, 3.8) is 0 Å². The summed E-state index contributed by atoms with van der Waals surface area (Å²) in [5, 5.41) is 3.92. The largest absolute Gasteiger partial charge is 0.339 e. The number of nitrogens with two attached hydrogens (primary N) is 1. The molecule has 0 spiro atoms. The van der Waals surface area contributed by atoms with Gasteiger partial charge in [0.2, 0.25) is 5.89 Å². The molecule has 0 aliphatic rings. The van der Waals surface area contributed by atoms with Gasteiger partial charge in [0, 0.05) is 6.42 Å². The summed E-state index contributed by atoms with van der Waals surface area (Å²) in [5.41, 5.74) is 5.74. The molecule has 0 saturated carbocycles. The fourth-order valence-corrected chi connectivity index (χ4v) is 2.11. The van der Waals surface area contributed by atoms with E-state index in [2.05, 4.69) is 24.0 Å². The molecule has 0 fully saturated rings. The fraction of sp³-hybridized carbons (Fsp3) is 0.818. The van der Waals surface area contributed by atoms with Gasteiger partial charge in [0.1, 0.15) is 0 Å². The number of nitrogens with zero attached hydrogens (tertiary/aromatic N) is 2. The molecule has 5 heteroatoms. The molecule has 0 radical (unpaired) electrons. The van der Waals surface area contributed by atoms with Gasteiger partial charge in [0.25, 0.3) is 0 Å². The molecule has 16 heavy (non-hydrogen) atoms. The van der Waals surface area contributed by atoms with Crippen molar-refractivity contribution < 1.29 is 4.52 Å². The van der Waals surface area contributed by atoms with E-state index in [9.17, 15) is 0 Å². The molecule has 0 unspecified atom stereocenters. The van der Waals surface area contributed by atoms with E-state index in [0.717, 1.165) is 30.3 Å². The van der Waals surface area contributed by atoms with Gasteiger partial charge in [-0.1, -0.05) is 19.0 Å². The number of hydrogen-bond acceptors (Lipinski definition) is 5. The van der Waals surface area contributed by atoms with Gasteiger partial charge in [-0.2, -0.15) is 16.7 Å². The van der Waals surface area contributed by atoms with Crippen LogP contribution in [-0.4, -0.2) is 22.9 Å². The average molecular weight is 243 g/mol. The van der Waals surface area contributed by atoms with Crippen LogP contribution >= 0.6 is 11.8 Å². The van der Waals surface area contributed by atoms with Crippen molar-refractivity contribution in [1.82, 2.24) is 10.1 Å². The molecule has 0 bridgehead atoms. The Balaban J connectivity index is 2.49. The monoisotopic (exact) mass is 243 g/mol. The summed E-state index contributed by atoms with van der Waals surface area (Å²) in [7, 11) is 0. The number of aromatic nitrogens is 2. The second kappa shape index (κ2) is 6.91. The summed E-state index contributed by atoms with van der Waals surface area (Å²) >= 11 is 1.69. The third-order valence-electron chi connectivity index (χ3n) is 2.38. The van der Waals surface area contributed by atoms with Crippen molar-refractivity contribution in [2.45, 2.75) is 32.4 Å². The summed E-state index contributed by atoms with van der Waals surface area (Å²) < 4.78 is 5.20. The molecule has 0 aliphatic heterocycles. The van der Waals surface area contributed by atoms with Crippen molar-refractivity contribution in [1.29, 1.82) is 0 Å². The van der Waals surface area contributed by atoms with Crippen LogP contribution in [0.1, 0.15) is 32.0 Å². The molecule has 1 aromatic rings. The van der Waals surface area contributed by atoms with Gasteiger partial charge in [-0.25, -0.2) is 0 Å². The first-order valence-electron chi connectivity index (χ1n) is 5.66. The summed E-state index contributed by atoms with van der Waals surface area (Å²) in [6, 6.07) is 0. The van der Waals surface area contributed by atoms with E-state index in [1.54, 1.807) is 11.8 Å². The van der Waals surface area contributed by atoms with Crippen LogP contribution in [-0.2, 0) is 12.2 Å². The first-order chi connectivity index (χ1) is 7.65. The zero-order valence-corrected chi connectivity index (χ0v) is 11.1. The molecule has 0 aromatic carbocycles. The van der Waals surface area contributed by atoms with E-state index in [0.29, 0.717) is 18.4 Å². The van der Waals surface area contributed by atoms with Crippen LogP contribution in [0.25, 0.3) is 0 Å². The lowest BCUT2D eigenvalue weighted by Gasteiger charge is -2.14. The van der Waals surface area contributed by atoms with Gasteiger partial charge in [-0.05, 0) is 31.1 Å². The van der Waals surface area contributed by atoms with Crippen molar-refractivity contribution in [2.75, 3.05) is 12.8 Å². The maximum atomic E-state index is 5.74. The zero-order chi connectivity index (χ0) is 12.0. The lowest BCUT2D eigenvalue weighted by Crippen LogP contribution is -2.19. The minimum absolute atomic E-state index is 0.447. The predicted molar refractivity (Wildman–Crippen MR) is 67.2 cm³/mol.